The molecule has 7 rings (SSSR count). The maximum absolute atomic E-state index is 14.7. The molecule has 39 heavy (non-hydrogen) atoms. The van der Waals surface area contributed by atoms with Crippen LogP contribution in [0.5, 0.6) is 5.75 Å². The summed E-state index contributed by atoms with van der Waals surface area (Å²) in [4.78, 5) is 15.4. The third kappa shape index (κ3) is 4.88. The molecule has 0 saturated carbocycles. The molecule has 2 saturated heterocycles. The second-order valence-electron chi connectivity index (χ2n) is 10.6. The number of aromatic amines is 2. The largest absolute Gasteiger partial charge is 0.492 e. The number of fused-ring (bicyclic) bond motifs is 2. The molecule has 0 bridgehead atoms. The Bertz CT molecular complexity index is 1610. The number of H-pyrrole nitrogens is 2. The van der Waals surface area contributed by atoms with E-state index in [1.807, 2.05) is 18.2 Å². The Kier molecular flexibility index (Phi) is 6.46. The number of ether oxygens (including phenoxy) is 1. The molecule has 1 aromatic carbocycles. The van der Waals surface area contributed by atoms with E-state index in [0.717, 1.165) is 90.2 Å². The summed E-state index contributed by atoms with van der Waals surface area (Å²) in [6.45, 7) is 5.67. The number of piperidine rings is 1. The Morgan fingerprint density at radius 2 is 1.90 bits per heavy atom. The maximum Gasteiger partial charge on any atom is 0.138 e. The molecular weight excluding hydrogens is 493 g/mol. The standard InChI is InChI=1S/C30H32FN7O/c31-21-15-20(16-22(17-21)39-14-13-38-11-1-2-12-38)23-7-10-33-30-24(23)18-27(35-30)29-28-26(36-37-29)4-3-25(34-28)19-5-8-32-9-6-19/h3-4,7,10,15-19,32H,1-2,5-6,8-9,11-14H2,(H,33,35)(H,36,37). The lowest BCUT2D eigenvalue weighted by molar-refractivity contribution is 0.237. The van der Waals surface area contributed by atoms with Crippen molar-refractivity contribution in [2.75, 3.05) is 39.3 Å². The number of aromatic nitrogens is 5. The zero-order valence-corrected chi connectivity index (χ0v) is 21.8. The number of hydrogen-bond acceptors (Lipinski definition) is 6. The highest BCUT2D eigenvalue weighted by molar-refractivity contribution is 5.98. The highest BCUT2D eigenvalue weighted by Crippen LogP contribution is 2.35. The number of benzene rings is 1. The van der Waals surface area contributed by atoms with Gasteiger partial charge in [-0.3, -0.25) is 10.00 Å². The minimum absolute atomic E-state index is 0.322. The van der Waals surface area contributed by atoms with Crippen molar-refractivity contribution in [1.82, 2.24) is 35.4 Å². The average Bonchev–Trinajstić information content (AvgIpc) is 3.72. The Morgan fingerprint density at radius 1 is 1.03 bits per heavy atom. The van der Waals surface area contributed by atoms with Crippen molar-refractivity contribution in [3.63, 3.8) is 0 Å². The van der Waals surface area contributed by atoms with Crippen LogP contribution in [0, 0.1) is 5.82 Å². The van der Waals surface area contributed by atoms with Crippen molar-refractivity contribution in [2.24, 2.45) is 0 Å². The van der Waals surface area contributed by atoms with Crippen LogP contribution in [0.1, 0.15) is 37.3 Å². The molecule has 2 aliphatic rings. The van der Waals surface area contributed by atoms with Crippen LogP contribution in [0.4, 0.5) is 4.39 Å². The third-order valence-corrected chi connectivity index (χ3v) is 8.03. The normalized spacial score (nSPS) is 16.9. The summed E-state index contributed by atoms with van der Waals surface area (Å²) in [5.41, 5.74) is 6.79. The zero-order chi connectivity index (χ0) is 26.2. The van der Waals surface area contributed by atoms with Crippen LogP contribution in [-0.4, -0.2) is 69.4 Å². The van der Waals surface area contributed by atoms with Gasteiger partial charge in [0.1, 0.15) is 35.0 Å². The lowest BCUT2D eigenvalue weighted by Crippen LogP contribution is -2.27. The van der Waals surface area contributed by atoms with Gasteiger partial charge in [-0.25, -0.2) is 14.4 Å². The number of pyridine rings is 2. The number of rotatable bonds is 7. The van der Waals surface area contributed by atoms with E-state index in [2.05, 4.69) is 42.5 Å². The van der Waals surface area contributed by atoms with Crippen molar-refractivity contribution in [1.29, 1.82) is 0 Å². The molecule has 6 heterocycles. The third-order valence-electron chi connectivity index (χ3n) is 8.03. The molecule has 2 fully saturated rings. The lowest BCUT2D eigenvalue weighted by Gasteiger charge is -2.22. The van der Waals surface area contributed by atoms with Gasteiger partial charge in [-0.05, 0) is 99.4 Å². The summed E-state index contributed by atoms with van der Waals surface area (Å²) >= 11 is 0. The first-order valence-electron chi connectivity index (χ1n) is 13.9. The van der Waals surface area contributed by atoms with Crippen molar-refractivity contribution in [3.8, 4) is 28.3 Å². The van der Waals surface area contributed by atoms with Gasteiger partial charge in [0.2, 0.25) is 0 Å². The fourth-order valence-corrected chi connectivity index (χ4v) is 5.95. The molecule has 0 unspecified atom stereocenters. The predicted octanol–water partition coefficient (Wildman–Crippen LogP) is 5.25. The summed E-state index contributed by atoms with van der Waals surface area (Å²) < 4.78 is 20.7. The second kappa shape index (κ2) is 10.4. The fraction of sp³-hybridized carbons (Fsp3) is 0.367. The van der Waals surface area contributed by atoms with Crippen molar-refractivity contribution < 1.29 is 9.13 Å². The van der Waals surface area contributed by atoms with Gasteiger partial charge in [0.15, 0.2) is 0 Å². The van der Waals surface area contributed by atoms with Crippen LogP contribution in [-0.2, 0) is 0 Å². The Labute approximate surface area is 226 Å². The van der Waals surface area contributed by atoms with Gasteiger partial charge in [0.05, 0.1) is 11.2 Å². The monoisotopic (exact) mass is 525 g/mol. The van der Waals surface area contributed by atoms with Gasteiger partial charge >= 0.3 is 0 Å². The minimum Gasteiger partial charge on any atom is -0.492 e. The molecule has 8 nitrogen and oxygen atoms in total. The molecule has 3 N–H and O–H groups in total. The summed E-state index contributed by atoms with van der Waals surface area (Å²) in [6.07, 6.45) is 6.40. The van der Waals surface area contributed by atoms with Crippen LogP contribution < -0.4 is 10.1 Å². The van der Waals surface area contributed by atoms with Crippen LogP contribution in [0.2, 0.25) is 0 Å². The van der Waals surface area contributed by atoms with Crippen LogP contribution in [0.25, 0.3) is 44.6 Å². The summed E-state index contributed by atoms with van der Waals surface area (Å²) in [6, 6.07) is 13.0. The van der Waals surface area contributed by atoms with E-state index in [-0.39, 0.29) is 5.82 Å². The molecule has 5 aromatic rings. The second-order valence-corrected chi connectivity index (χ2v) is 10.6. The van der Waals surface area contributed by atoms with Crippen molar-refractivity contribution in [3.05, 3.63) is 60.2 Å². The van der Waals surface area contributed by atoms with Gasteiger partial charge in [0.25, 0.3) is 0 Å². The first kappa shape index (κ1) is 24.2. The van der Waals surface area contributed by atoms with E-state index in [9.17, 15) is 4.39 Å². The van der Waals surface area contributed by atoms with E-state index >= 15 is 0 Å². The summed E-state index contributed by atoms with van der Waals surface area (Å²) in [5.74, 6) is 0.671. The molecule has 9 heteroatoms. The highest BCUT2D eigenvalue weighted by Gasteiger charge is 2.20. The molecular formula is C30H32FN7O. The first-order chi connectivity index (χ1) is 19.2. The smallest absolute Gasteiger partial charge is 0.138 e. The molecule has 200 valence electrons. The van der Waals surface area contributed by atoms with E-state index in [0.29, 0.717) is 23.9 Å². The van der Waals surface area contributed by atoms with Gasteiger partial charge in [0, 0.05) is 35.8 Å². The number of nitrogens with zero attached hydrogens (tertiary/aromatic N) is 4. The number of halogens is 1. The Morgan fingerprint density at radius 3 is 2.77 bits per heavy atom. The van der Waals surface area contributed by atoms with Gasteiger partial charge in [-0.1, -0.05) is 0 Å². The number of hydrogen-bond donors (Lipinski definition) is 3. The molecule has 0 amide bonds. The molecule has 0 aliphatic carbocycles. The zero-order valence-electron chi connectivity index (χ0n) is 21.8. The molecule has 0 atom stereocenters. The summed E-state index contributed by atoms with van der Waals surface area (Å²) in [7, 11) is 0. The van der Waals surface area contributed by atoms with E-state index in [1.165, 1.54) is 18.9 Å². The topological polar surface area (TPSA) is 94.8 Å². The Balaban J connectivity index is 1.20. The van der Waals surface area contributed by atoms with Crippen LogP contribution in [0.3, 0.4) is 0 Å². The maximum atomic E-state index is 14.7. The molecule has 0 spiro atoms. The van der Waals surface area contributed by atoms with Gasteiger partial charge in [-0.15, -0.1) is 0 Å². The van der Waals surface area contributed by atoms with Crippen LogP contribution in [0.15, 0.2) is 48.7 Å². The summed E-state index contributed by atoms with van der Waals surface area (Å²) in [5, 5.41) is 12.0. The fourth-order valence-electron chi connectivity index (χ4n) is 5.95. The minimum atomic E-state index is -0.322. The molecule has 2 aliphatic heterocycles. The van der Waals surface area contributed by atoms with E-state index < -0.39 is 0 Å². The molecule has 4 aromatic heterocycles. The van der Waals surface area contributed by atoms with Crippen molar-refractivity contribution >= 4 is 22.1 Å². The Hall–Kier alpha value is -3.82. The predicted molar refractivity (Wildman–Crippen MR) is 150 cm³/mol. The van der Waals surface area contributed by atoms with E-state index in [1.54, 1.807) is 12.3 Å². The quantitative estimate of drug-likeness (QED) is 0.269. The highest BCUT2D eigenvalue weighted by atomic mass is 19.1. The average molecular weight is 526 g/mol. The number of nitrogens with one attached hydrogen (secondary N) is 3. The van der Waals surface area contributed by atoms with Gasteiger partial charge < -0.3 is 15.0 Å². The first-order valence-corrected chi connectivity index (χ1v) is 13.9. The van der Waals surface area contributed by atoms with Crippen LogP contribution >= 0.6 is 0 Å². The van der Waals surface area contributed by atoms with Crippen molar-refractivity contribution in [2.45, 2.75) is 31.6 Å². The number of likely N-dealkylation sites (tertiary alicyclic amines) is 1. The lowest BCUT2D eigenvalue weighted by atomic mass is 9.94. The van der Waals surface area contributed by atoms with E-state index in [4.69, 9.17) is 9.72 Å². The van der Waals surface area contributed by atoms with Gasteiger partial charge in [-0.2, -0.15) is 5.10 Å². The molecule has 0 radical (unpaired) electrons. The SMILES string of the molecule is Fc1cc(OCCN2CCCC2)cc(-c2ccnc3[nH]c(-c4n[nH]c5ccc(C6CCNCC6)nc45)cc23)c1.